The standard InChI is InChI=1S/C23H32N2O5/c1-23(2,3)30-22(28)25(14-20(27)16-29-21-7-5-4-6-8-21)19(15-26)13-17-9-11-18(24)12-10-17/h4-12,19-20,26-27H,13-16,24H2,1-3H3/t19-,20+/m0/s1. The van der Waals surface area contributed by atoms with E-state index in [9.17, 15) is 15.0 Å². The van der Waals surface area contributed by atoms with Gasteiger partial charge in [-0.2, -0.15) is 0 Å². The van der Waals surface area contributed by atoms with E-state index in [2.05, 4.69) is 0 Å². The van der Waals surface area contributed by atoms with Crippen molar-refractivity contribution < 1.29 is 24.5 Å². The molecule has 0 saturated carbocycles. The number of amides is 1. The van der Waals surface area contributed by atoms with Crippen molar-refractivity contribution in [3.05, 3.63) is 60.2 Å². The molecular formula is C23H32N2O5. The van der Waals surface area contributed by atoms with E-state index in [0.29, 0.717) is 17.9 Å². The molecule has 0 spiro atoms. The van der Waals surface area contributed by atoms with Crippen molar-refractivity contribution in [3.63, 3.8) is 0 Å². The summed E-state index contributed by atoms with van der Waals surface area (Å²) in [6.45, 7) is 4.99. The number of ether oxygens (including phenoxy) is 2. The molecule has 0 aliphatic heterocycles. The number of benzene rings is 2. The minimum atomic E-state index is -0.960. The van der Waals surface area contributed by atoms with E-state index in [1.54, 1.807) is 45.0 Å². The smallest absolute Gasteiger partial charge is 0.410 e. The zero-order chi connectivity index (χ0) is 22.1. The highest BCUT2D eigenvalue weighted by molar-refractivity contribution is 5.68. The normalized spacial score (nSPS) is 13.4. The second-order valence-corrected chi connectivity index (χ2v) is 8.19. The number of hydrogen-bond donors (Lipinski definition) is 3. The molecule has 0 aliphatic carbocycles. The van der Waals surface area contributed by atoms with Crippen LogP contribution in [0.5, 0.6) is 5.75 Å². The molecule has 7 heteroatoms. The Labute approximate surface area is 178 Å². The summed E-state index contributed by atoms with van der Waals surface area (Å²) < 4.78 is 11.1. The molecule has 2 aromatic rings. The zero-order valence-corrected chi connectivity index (χ0v) is 17.8. The van der Waals surface area contributed by atoms with Crippen LogP contribution >= 0.6 is 0 Å². The number of aliphatic hydroxyl groups is 2. The first kappa shape index (κ1) is 23.5. The second kappa shape index (κ2) is 10.8. The molecule has 0 heterocycles. The van der Waals surface area contributed by atoms with Crippen molar-refractivity contribution >= 4 is 11.8 Å². The third-order valence-electron chi connectivity index (χ3n) is 4.32. The van der Waals surface area contributed by atoms with Crippen molar-refractivity contribution in [2.45, 2.75) is 44.9 Å². The third kappa shape index (κ3) is 7.93. The first-order chi connectivity index (χ1) is 14.2. The highest BCUT2D eigenvalue weighted by atomic mass is 16.6. The number of nitrogen functional groups attached to an aromatic ring is 1. The van der Waals surface area contributed by atoms with Crippen LogP contribution in [-0.4, -0.2) is 58.7 Å². The Bertz CT molecular complexity index is 774. The summed E-state index contributed by atoms with van der Waals surface area (Å²) in [6.07, 6.45) is -1.17. The van der Waals surface area contributed by atoms with E-state index in [4.69, 9.17) is 15.2 Å². The quantitative estimate of drug-likeness (QED) is 0.543. The fourth-order valence-electron chi connectivity index (χ4n) is 2.88. The van der Waals surface area contributed by atoms with Crippen LogP contribution in [0.1, 0.15) is 26.3 Å². The van der Waals surface area contributed by atoms with Crippen LogP contribution in [0.3, 0.4) is 0 Å². The van der Waals surface area contributed by atoms with Crippen molar-refractivity contribution in [2.75, 3.05) is 25.5 Å². The van der Waals surface area contributed by atoms with E-state index >= 15 is 0 Å². The Morgan fingerprint density at radius 1 is 1.10 bits per heavy atom. The number of nitrogens with two attached hydrogens (primary N) is 1. The summed E-state index contributed by atoms with van der Waals surface area (Å²) in [5.41, 5.74) is 6.57. The van der Waals surface area contributed by atoms with Gasteiger partial charge in [0, 0.05) is 5.69 Å². The Balaban J connectivity index is 2.10. The van der Waals surface area contributed by atoms with Crippen molar-refractivity contribution in [3.8, 4) is 5.75 Å². The number of aliphatic hydroxyl groups excluding tert-OH is 2. The number of nitrogens with zero attached hydrogens (tertiary/aromatic N) is 1. The van der Waals surface area contributed by atoms with E-state index in [-0.39, 0.29) is 19.8 Å². The van der Waals surface area contributed by atoms with Crippen LogP contribution in [0.4, 0.5) is 10.5 Å². The van der Waals surface area contributed by atoms with Crippen LogP contribution in [0.15, 0.2) is 54.6 Å². The predicted octanol–water partition coefficient (Wildman–Crippen LogP) is 2.85. The van der Waals surface area contributed by atoms with Crippen LogP contribution in [0, 0.1) is 0 Å². The van der Waals surface area contributed by atoms with Gasteiger partial charge < -0.3 is 25.4 Å². The van der Waals surface area contributed by atoms with Gasteiger partial charge >= 0.3 is 6.09 Å². The molecule has 0 aromatic heterocycles. The average molecular weight is 417 g/mol. The van der Waals surface area contributed by atoms with Gasteiger partial charge in [0.1, 0.15) is 24.1 Å². The summed E-state index contributed by atoms with van der Waals surface area (Å²) in [5, 5.41) is 20.5. The third-order valence-corrected chi connectivity index (χ3v) is 4.32. The van der Waals surface area contributed by atoms with Crippen molar-refractivity contribution in [1.29, 1.82) is 0 Å². The number of para-hydroxylation sites is 1. The zero-order valence-electron chi connectivity index (χ0n) is 17.8. The molecule has 1 amide bonds. The first-order valence-corrected chi connectivity index (χ1v) is 9.98. The largest absolute Gasteiger partial charge is 0.491 e. The number of anilines is 1. The molecule has 4 N–H and O–H groups in total. The molecule has 7 nitrogen and oxygen atoms in total. The van der Waals surface area contributed by atoms with Crippen LogP contribution < -0.4 is 10.5 Å². The summed E-state index contributed by atoms with van der Waals surface area (Å²) in [7, 11) is 0. The predicted molar refractivity (Wildman–Crippen MR) is 116 cm³/mol. The second-order valence-electron chi connectivity index (χ2n) is 8.19. The Kier molecular flexibility index (Phi) is 8.50. The van der Waals surface area contributed by atoms with Gasteiger partial charge in [0.15, 0.2) is 0 Å². The van der Waals surface area contributed by atoms with Gasteiger partial charge in [-0.15, -0.1) is 0 Å². The summed E-state index contributed by atoms with van der Waals surface area (Å²) >= 11 is 0. The Morgan fingerprint density at radius 2 is 1.73 bits per heavy atom. The van der Waals surface area contributed by atoms with Gasteiger partial charge in [-0.1, -0.05) is 30.3 Å². The first-order valence-electron chi connectivity index (χ1n) is 9.98. The lowest BCUT2D eigenvalue weighted by Crippen LogP contribution is -2.50. The van der Waals surface area contributed by atoms with Crippen LogP contribution in [0.2, 0.25) is 0 Å². The van der Waals surface area contributed by atoms with Gasteiger partial charge in [-0.05, 0) is 57.0 Å². The van der Waals surface area contributed by atoms with Gasteiger partial charge in [-0.25, -0.2) is 4.79 Å². The highest BCUT2D eigenvalue weighted by Crippen LogP contribution is 2.17. The lowest BCUT2D eigenvalue weighted by atomic mass is 10.0. The molecular weight excluding hydrogens is 384 g/mol. The fraction of sp³-hybridized carbons (Fsp3) is 0.435. The average Bonchev–Trinajstić information content (AvgIpc) is 2.70. The Morgan fingerprint density at radius 3 is 2.30 bits per heavy atom. The lowest BCUT2D eigenvalue weighted by Gasteiger charge is -2.34. The van der Waals surface area contributed by atoms with Gasteiger partial charge in [0.2, 0.25) is 0 Å². The summed E-state index contributed by atoms with van der Waals surface area (Å²) in [6, 6.07) is 15.8. The SMILES string of the molecule is CC(C)(C)OC(=O)N(C[C@@H](O)COc1ccccc1)[C@H](CO)Cc1ccc(N)cc1. The number of carbonyl (C=O) groups is 1. The lowest BCUT2D eigenvalue weighted by molar-refractivity contribution is -0.00891. The van der Waals surface area contributed by atoms with Crippen LogP contribution in [0.25, 0.3) is 0 Å². The van der Waals surface area contributed by atoms with E-state index < -0.39 is 23.8 Å². The molecule has 164 valence electrons. The number of rotatable bonds is 9. The molecule has 30 heavy (non-hydrogen) atoms. The molecule has 0 aliphatic rings. The van der Waals surface area contributed by atoms with Crippen molar-refractivity contribution in [2.24, 2.45) is 0 Å². The molecule has 2 atom stereocenters. The van der Waals surface area contributed by atoms with Gasteiger partial charge in [-0.3, -0.25) is 4.90 Å². The topological polar surface area (TPSA) is 105 Å². The van der Waals surface area contributed by atoms with Crippen molar-refractivity contribution in [1.82, 2.24) is 4.90 Å². The van der Waals surface area contributed by atoms with E-state index in [0.717, 1.165) is 5.56 Å². The number of carbonyl (C=O) groups excluding carboxylic acids is 1. The minimum Gasteiger partial charge on any atom is -0.491 e. The van der Waals surface area contributed by atoms with Gasteiger partial charge in [0.05, 0.1) is 19.2 Å². The molecule has 0 radical (unpaired) electrons. The molecule has 0 fully saturated rings. The minimum absolute atomic E-state index is 0.00330. The molecule has 0 saturated heterocycles. The molecule has 2 aromatic carbocycles. The van der Waals surface area contributed by atoms with Crippen LogP contribution in [-0.2, 0) is 11.2 Å². The summed E-state index contributed by atoms with van der Waals surface area (Å²) in [4.78, 5) is 14.2. The van der Waals surface area contributed by atoms with Gasteiger partial charge in [0.25, 0.3) is 0 Å². The van der Waals surface area contributed by atoms with E-state index in [1.165, 1.54) is 4.90 Å². The molecule has 2 rings (SSSR count). The molecule has 0 bridgehead atoms. The maximum absolute atomic E-state index is 12.8. The van der Waals surface area contributed by atoms with E-state index in [1.807, 2.05) is 30.3 Å². The molecule has 0 unspecified atom stereocenters. The monoisotopic (exact) mass is 416 g/mol. The Hall–Kier alpha value is -2.77. The number of hydrogen-bond acceptors (Lipinski definition) is 6. The fourth-order valence-corrected chi connectivity index (χ4v) is 2.88. The highest BCUT2D eigenvalue weighted by Gasteiger charge is 2.30. The maximum Gasteiger partial charge on any atom is 0.410 e. The maximum atomic E-state index is 12.8. The summed E-state index contributed by atoms with van der Waals surface area (Å²) in [5.74, 6) is 0.626.